The van der Waals surface area contributed by atoms with Crippen molar-refractivity contribution in [2.24, 2.45) is 0 Å². The Morgan fingerprint density at radius 1 is 1.12 bits per heavy atom. The number of anilines is 2. The van der Waals surface area contributed by atoms with E-state index >= 15 is 0 Å². The Morgan fingerprint density at radius 3 is 2.38 bits per heavy atom. The smallest absolute Gasteiger partial charge is 0.227 e. The molecule has 0 fully saturated rings. The van der Waals surface area contributed by atoms with Gasteiger partial charge in [0.25, 0.3) is 0 Å². The van der Waals surface area contributed by atoms with Crippen LogP contribution in [0.4, 0.5) is 11.4 Å². The summed E-state index contributed by atoms with van der Waals surface area (Å²) in [5.41, 5.74) is 0.335. The van der Waals surface area contributed by atoms with Crippen LogP contribution in [0.2, 0.25) is 5.02 Å². The molecule has 2 aromatic carbocycles. The van der Waals surface area contributed by atoms with Crippen LogP contribution in [0, 0.1) is 0 Å². The summed E-state index contributed by atoms with van der Waals surface area (Å²) < 4.78 is 0. The van der Waals surface area contributed by atoms with Crippen molar-refractivity contribution in [1.82, 2.24) is 0 Å². The van der Waals surface area contributed by atoms with Crippen molar-refractivity contribution in [3.8, 4) is 0 Å². The Kier molecular flexibility index (Phi) is 5.59. The summed E-state index contributed by atoms with van der Waals surface area (Å²) >= 11 is 6.12. The minimum atomic E-state index is -1.28. The van der Waals surface area contributed by atoms with E-state index < -0.39 is 5.60 Å². The molecule has 2 rings (SSSR count). The Labute approximate surface area is 145 Å². The third-order valence-corrected chi connectivity index (χ3v) is 3.78. The highest BCUT2D eigenvalue weighted by Gasteiger charge is 2.26. The molecule has 2 aromatic rings. The largest absolute Gasteiger partial charge is 0.385 e. The summed E-state index contributed by atoms with van der Waals surface area (Å²) in [6.07, 6.45) is -0.110. The van der Waals surface area contributed by atoms with Gasteiger partial charge in [-0.3, -0.25) is 9.59 Å². The molecule has 0 spiro atoms. The van der Waals surface area contributed by atoms with E-state index in [1.165, 1.54) is 6.92 Å². The van der Waals surface area contributed by atoms with Crippen LogP contribution in [0.3, 0.4) is 0 Å². The lowest BCUT2D eigenvalue weighted by atomic mass is 9.92. The summed E-state index contributed by atoms with van der Waals surface area (Å²) in [7, 11) is 0. The summed E-state index contributed by atoms with van der Waals surface area (Å²) in [4.78, 5) is 23.2. The number of benzene rings is 2. The lowest BCUT2D eigenvalue weighted by molar-refractivity contribution is -0.120. The Balaban J connectivity index is 2.06. The number of carbonyl (C=O) groups is 2. The van der Waals surface area contributed by atoms with Crippen molar-refractivity contribution in [3.05, 3.63) is 59.1 Å². The zero-order chi connectivity index (χ0) is 17.7. The molecule has 6 heteroatoms. The molecular formula is C18H19ClN2O3. The molecule has 126 valence electrons. The number of hydrogen-bond acceptors (Lipinski definition) is 3. The summed E-state index contributed by atoms with van der Waals surface area (Å²) in [6.45, 7) is 2.98. The highest BCUT2D eigenvalue weighted by Crippen LogP contribution is 2.28. The van der Waals surface area contributed by atoms with Gasteiger partial charge in [0.15, 0.2) is 0 Å². The maximum absolute atomic E-state index is 12.2. The molecule has 3 N–H and O–H groups in total. The maximum Gasteiger partial charge on any atom is 0.227 e. The molecule has 0 aliphatic carbocycles. The van der Waals surface area contributed by atoms with Gasteiger partial charge in [0, 0.05) is 12.6 Å². The Bertz CT molecular complexity index is 745. The van der Waals surface area contributed by atoms with Gasteiger partial charge in [-0.25, -0.2) is 0 Å². The first-order valence-electron chi connectivity index (χ1n) is 7.43. The molecule has 0 saturated heterocycles. The van der Waals surface area contributed by atoms with Crippen molar-refractivity contribution in [1.29, 1.82) is 0 Å². The monoisotopic (exact) mass is 346 g/mol. The van der Waals surface area contributed by atoms with Crippen LogP contribution in [0.5, 0.6) is 0 Å². The van der Waals surface area contributed by atoms with Gasteiger partial charge in [-0.1, -0.05) is 41.9 Å². The standard InChI is InChI=1S/C18H19ClN2O3/c1-12(22)20-14-8-9-16(15(19)10-14)21-17(23)11-18(2,24)13-6-4-3-5-7-13/h3-10,24H,11H2,1-2H3,(H,20,22)(H,21,23). The van der Waals surface area contributed by atoms with E-state index in [0.29, 0.717) is 22.0 Å². The van der Waals surface area contributed by atoms with E-state index in [9.17, 15) is 14.7 Å². The molecule has 24 heavy (non-hydrogen) atoms. The van der Waals surface area contributed by atoms with E-state index in [-0.39, 0.29) is 18.2 Å². The average molecular weight is 347 g/mol. The van der Waals surface area contributed by atoms with E-state index in [4.69, 9.17) is 11.6 Å². The first kappa shape index (κ1) is 18.0. The SMILES string of the molecule is CC(=O)Nc1ccc(NC(=O)CC(C)(O)c2ccccc2)c(Cl)c1. The van der Waals surface area contributed by atoms with Crippen molar-refractivity contribution in [3.63, 3.8) is 0 Å². The molecule has 0 heterocycles. The van der Waals surface area contributed by atoms with Crippen LogP contribution < -0.4 is 10.6 Å². The zero-order valence-electron chi connectivity index (χ0n) is 13.5. The number of hydrogen-bond donors (Lipinski definition) is 3. The third-order valence-electron chi connectivity index (χ3n) is 3.46. The first-order valence-corrected chi connectivity index (χ1v) is 7.80. The second-order valence-electron chi connectivity index (χ2n) is 5.74. The minimum absolute atomic E-state index is 0.110. The summed E-state index contributed by atoms with van der Waals surface area (Å²) in [5.74, 6) is -0.570. The number of halogens is 1. The van der Waals surface area contributed by atoms with Gasteiger partial charge < -0.3 is 15.7 Å². The molecule has 5 nitrogen and oxygen atoms in total. The molecule has 0 bridgehead atoms. The number of amides is 2. The number of carbonyl (C=O) groups excluding carboxylic acids is 2. The van der Waals surface area contributed by atoms with Gasteiger partial charge in [0.05, 0.1) is 22.7 Å². The van der Waals surface area contributed by atoms with E-state index in [0.717, 1.165) is 0 Å². The van der Waals surface area contributed by atoms with Crippen molar-refractivity contribution in [2.45, 2.75) is 25.9 Å². The van der Waals surface area contributed by atoms with Crippen molar-refractivity contribution in [2.75, 3.05) is 10.6 Å². The molecule has 0 aliphatic heterocycles. The Morgan fingerprint density at radius 2 is 1.79 bits per heavy atom. The number of aliphatic hydroxyl groups is 1. The molecule has 1 unspecified atom stereocenters. The van der Waals surface area contributed by atoms with Gasteiger partial charge in [-0.2, -0.15) is 0 Å². The lowest BCUT2D eigenvalue weighted by Crippen LogP contribution is -2.28. The second-order valence-corrected chi connectivity index (χ2v) is 6.15. The molecule has 2 amide bonds. The van der Waals surface area contributed by atoms with Gasteiger partial charge in [-0.05, 0) is 30.7 Å². The third kappa shape index (κ3) is 4.81. The highest BCUT2D eigenvalue weighted by molar-refractivity contribution is 6.34. The van der Waals surface area contributed by atoms with Crippen LogP contribution in [0.1, 0.15) is 25.8 Å². The van der Waals surface area contributed by atoms with Gasteiger partial charge >= 0.3 is 0 Å². The van der Waals surface area contributed by atoms with Crippen LogP contribution in [-0.2, 0) is 15.2 Å². The van der Waals surface area contributed by atoms with Gasteiger partial charge in [0.2, 0.25) is 11.8 Å². The van der Waals surface area contributed by atoms with Gasteiger partial charge in [-0.15, -0.1) is 0 Å². The fourth-order valence-corrected chi connectivity index (χ4v) is 2.53. The second kappa shape index (κ2) is 7.47. The fraction of sp³-hybridized carbons (Fsp3) is 0.222. The quantitative estimate of drug-likeness (QED) is 0.774. The molecular weight excluding hydrogens is 328 g/mol. The lowest BCUT2D eigenvalue weighted by Gasteiger charge is -2.23. The summed E-state index contributed by atoms with van der Waals surface area (Å²) in [5, 5.41) is 16.1. The molecule has 0 aromatic heterocycles. The van der Waals surface area contributed by atoms with Crippen LogP contribution in [0.15, 0.2) is 48.5 Å². The number of nitrogens with one attached hydrogen (secondary N) is 2. The predicted octanol–water partition coefficient (Wildman–Crippen LogP) is 3.53. The van der Waals surface area contributed by atoms with E-state index in [2.05, 4.69) is 10.6 Å². The van der Waals surface area contributed by atoms with E-state index in [1.54, 1.807) is 49.4 Å². The van der Waals surface area contributed by atoms with Crippen LogP contribution in [0.25, 0.3) is 0 Å². The predicted molar refractivity (Wildman–Crippen MR) is 95.0 cm³/mol. The number of rotatable bonds is 5. The molecule has 1 atom stereocenters. The first-order chi connectivity index (χ1) is 11.3. The zero-order valence-corrected chi connectivity index (χ0v) is 14.2. The normalized spacial score (nSPS) is 13.0. The highest BCUT2D eigenvalue weighted by atomic mass is 35.5. The fourth-order valence-electron chi connectivity index (χ4n) is 2.30. The topological polar surface area (TPSA) is 78.4 Å². The van der Waals surface area contributed by atoms with Crippen molar-refractivity contribution >= 4 is 34.8 Å². The van der Waals surface area contributed by atoms with Crippen molar-refractivity contribution < 1.29 is 14.7 Å². The van der Waals surface area contributed by atoms with Crippen LogP contribution >= 0.6 is 11.6 Å². The van der Waals surface area contributed by atoms with E-state index in [1.807, 2.05) is 6.07 Å². The Hall–Kier alpha value is -2.37. The van der Waals surface area contributed by atoms with Crippen LogP contribution in [-0.4, -0.2) is 16.9 Å². The van der Waals surface area contributed by atoms with Gasteiger partial charge in [0.1, 0.15) is 0 Å². The average Bonchev–Trinajstić information content (AvgIpc) is 2.50. The molecule has 0 aliphatic rings. The maximum atomic E-state index is 12.2. The molecule has 0 saturated carbocycles. The minimum Gasteiger partial charge on any atom is -0.385 e. The molecule has 0 radical (unpaired) electrons. The summed E-state index contributed by atoms with van der Waals surface area (Å²) in [6, 6.07) is 13.8.